The second kappa shape index (κ2) is 13.5. The standard InChI is InChI=1S/C25H38N6O6/c1-25(2,3)37-24(36)30-18(15-16-9-5-4-6-10-16)21(33)31-14-8-12-19(31)20(32)29-17(22(34)35)11-7-13-28-23(26)27/h4-6,9-10,17-19H,7-8,11-15H2,1-3H3,(H,29,32)(H,30,36)(H,34,35)(H4,26,27,28)/t17-,18+,19+/m0/s1. The van der Waals surface area contributed by atoms with Crippen molar-refractivity contribution in [1.82, 2.24) is 15.5 Å². The van der Waals surface area contributed by atoms with Gasteiger partial charge in [-0.05, 0) is 52.0 Å². The average Bonchev–Trinajstić information content (AvgIpc) is 3.29. The summed E-state index contributed by atoms with van der Waals surface area (Å²) in [6.07, 6.45) is 0.871. The predicted molar refractivity (Wildman–Crippen MR) is 138 cm³/mol. The Morgan fingerprint density at radius 1 is 1.14 bits per heavy atom. The number of ether oxygens (including phenoxy) is 1. The van der Waals surface area contributed by atoms with Crippen LogP contribution in [0.15, 0.2) is 35.3 Å². The summed E-state index contributed by atoms with van der Waals surface area (Å²) in [5.41, 5.74) is 10.6. The maximum absolute atomic E-state index is 13.6. The molecule has 37 heavy (non-hydrogen) atoms. The van der Waals surface area contributed by atoms with Crippen LogP contribution in [0.2, 0.25) is 0 Å². The zero-order valence-electron chi connectivity index (χ0n) is 21.6. The molecule has 3 atom stereocenters. The van der Waals surface area contributed by atoms with Gasteiger partial charge in [0.25, 0.3) is 0 Å². The molecule has 1 aromatic carbocycles. The van der Waals surface area contributed by atoms with Gasteiger partial charge in [0.15, 0.2) is 5.96 Å². The number of guanidine groups is 1. The van der Waals surface area contributed by atoms with E-state index in [1.165, 1.54) is 4.90 Å². The number of alkyl carbamates (subject to hydrolysis) is 1. The smallest absolute Gasteiger partial charge is 0.408 e. The van der Waals surface area contributed by atoms with Crippen LogP contribution in [0.4, 0.5) is 4.79 Å². The molecule has 1 fully saturated rings. The van der Waals surface area contributed by atoms with Gasteiger partial charge in [-0.3, -0.25) is 14.6 Å². The molecule has 0 bridgehead atoms. The third-order valence-corrected chi connectivity index (χ3v) is 5.67. The van der Waals surface area contributed by atoms with Gasteiger partial charge in [0.1, 0.15) is 23.7 Å². The van der Waals surface area contributed by atoms with Gasteiger partial charge in [-0.2, -0.15) is 0 Å². The second-order valence-corrected chi connectivity index (χ2v) is 9.93. The van der Waals surface area contributed by atoms with Gasteiger partial charge in [-0.25, -0.2) is 9.59 Å². The number of nitrogens with zero attached hydrogens (tertiary/aromatic N) is 2. The number of aliphatic carboxylic acids is 1. The summed E-state index contributed by atoms with van der Waals surface area (Å²) < 4.78 is 5.34. The molecule has 1 saturated heterocycles. The molecule has 1 aliphatic heterocycles. The van der Waals surface area contributed by atoms with Crippen molar-refractivity contribution in [2.24, 2.45) is 16.5 Å². The number of rotatable bonds is 11. The molecule has 1 aromatic rings. The SMILES string of the molecule is CC(C)(C)OC(=O)N[C@H](Cc1ccccc1)C(=O)N1CCC[C@@H]1C(=O)N[C@@H](CCCN=C(N)N)C(=O)O. The summed E-state index contributed by atoms with van der Waals surface area (Å²) >= 11 is 0. The van der Waals surface area contributed by atoms with E-state index >= 15 is 0 Å². The number of carboxylic acids is 1. The van der Waals surface area contributed by atoms with Gasteiger partial charge >= 0.3 is 12.1 Å². The zero-order valence-corrected chi connectivity index (χ0v) is 21.6. The summed E-state index contributed by atoms with van der Waals surface area (Å²) in [4.78, 5) is 56.1. The van der Waals surface area contributed by atoms with E-state index in [0.717, 1.165) is 5.56 Å². The van der Waals surface area contributed by atoms with E-state index in [0.29, 0.717) is 25.8 Å². The number of amides is 3. The second-order valence-electron chi connectivity index (χ2n) is 9.93. The van der Waals surface area contributed by atoms with Crippen LogP contribution in [0.25, 0.3) is 0 Å². The van der Waals surface area contributed by atoms with Crippen molar-refractivity contribution in [3.05, 3.63) is 35.9 Å². The Morgan fingerprint density at radius 2 is 1.81 bits per heavy atom. The normalized spacial score (nSPS) is 16.8. The summed E-state index contributed by atoms with van der Waals surface area (Å²) in [6, 6.07) is 6.20. The number of aliphatic imine (C=N–C) groups is 1. The molecule has 7 N–H and O–H groups in total. The highest BCUT2D eigenvalue weighted by Crippen LogP contribution is 2.20. The molecule has 0 aromatic heterocycles. The van der Waals surface area contributed by atoms with E-state index in [2.05, 4.69) is 15.6 Å². The van der Waals surface area contributed by atoms with Crippen LogP contribution in [-0.2, 0) is 25.5 Å². The highest BCUT2D eigenvalue weighted by Gasteiger charge is 2.39. The van der Waals surface area contributed by atoms with Crippen LogP contribution in [0.1, 0.15) is 52.0 Å². The van der Waals surface area contributed by atoms with Crippen molar-refractivity contribution in [2.75, 3.05) is 13.1 Å². The lowest BCUT2D eigenvalue weighted by Crippen LogP contribution is -2.56. The van der Waals surface area contributed by atoms with Crippen molar-refractivity contribution in [3.8, 4) is 0 Å². The summed E-state index contributed by atoms with van der Waals surface area (Å²) in [5, 5.41) is 14.7. The number of carbonyl (C=O) groups excluding carboxylic acids is 3. The largest absolute Gasteiger partial charge is 0.480 e. The first kappa shape index (κ1) is 29.4. The molecular weight excluding hydrogens is 480 g/mol. The molecule has 204 valence electrons. The lowest BCUT2D eigenvalue weighted by atomic mass is 10.0. The third kappa shape index (κ3) is 9.98. The van der Waals surface area contributed by atoms with Crippen LogP contribution in [0.5, 0.6) is 0 Å². The van der Waals surface area contributed by atoms with Gasteiger partial charge in [-0.15, -0.1) is 0 Å². The molecule has 12 heteroatoms. The fourth-order valence-corrected chi connectivity index (χ4v) is 4.03. The van der Waals surface area contributed by atoms with E-state index in [1.807, 2.05) is 30.3 Å². The first-order chi connectivity index (χ1) is 17.4. The monoisotopic (exact) mass is 518 g/mol. The minimum Gasteiger partial charge on any atom is -0.480 e. The van der Waals surface area contributed by atoms with Gasteiger partial charge in [0.2, 0.25) is 11.8 Å². The van der Waals surface area contributed by atoms with E-state index in [-0.39, 0.29) is 25.3 Å². The third-order valence-electron chi connectivity index (χ3n) is 5.67. The molecule has 12 nitrogen and oxygen atoms in total. The van der Waals surface area contributed by atoms with Crippen molar-refractivity contribution < 1.29 is 29.0 Å². The van der Waals surface area contributed by atoms with Crippen LogP contribution < -0.4 is 22.1 Å². The first-order valence-corrected chi connectivity index (χ1v) is 12.3. The minimum atomic E-state index is -1.19. The van der Waals surface area contributed by atoms with Crippen LogP contribution in [0, 0.1) is 0 Å². The Labute approximate surface area is 216 Å². The molecule has 0 radical (unpaired) electrons. The molecule has 3 amide bonds. The van der Waals surface area contributed by atoms with Crippen molar-refractivity contribution >= 4 is 29.8 Å². The zero-order chi connectivity index (χ0) is 27.6. The number of carboxylic acid groups (broad SMARTS) is 1. The fourth-order valence-electron chi connectivity index (χ4n) is 4.03. The Hall–Kier alpha value is -3.83. The number of carbonyl (C=O) groups is 4. The van der Waals surface area contributed by atoms with E-state index in [4.69, 9.17) is 16.2 Å². The van der Waals surface area contributed by atoms with Crippen LogP contribution in [-0.4, -0.2) is 76.7 Å². The Kier molecular flexibility index (Phi) is 10.7. The van der Waals surface area contributed by atoms with Gasteiger partial charge < -0.3 is 36.8 Å². The average molecular weight is 519 g/mol. The highest BCUT2D eigenvalue weighted by molar-refractivity contribution is 5.93. The van der Waals surface area contributed by atoms with Gasteiger partial charge in [-0.1, -0.05) is 30.3 Å². The Morgan fingerprint density at radius 3 is 2.41 bits per heavy atom. The number of hydrogen-bond donors (Lipinski definition) is 5. The molecule has 2 rings (SSSR count). The molecule has 0 unspecified atom stereocenters. The van der Waals surface area contributed by atoms with E-state index in [9.17, 15) is 24.3 Å². The van der Waals surface area contributed by atoms with Crippen molar-refractivity contribution in [3.63, 3.8) is 0 Å². The number of likely N-dealkylation sites (tertiary alicyclic amines) is 1. The Balaban J connectivity index is 2.14. The molecule has 0 saturated carbocycles. The number of benzene rings is 1. The molecule has 0 aliphatic carbocycles. The maximum Gasteiger partial charge on any atom is 0.408 e. The molecule has 1 heterocycles. The number of nitrogens with one attached hydrogen (secondary N) is 2. The summed E-state index contributed by atoms with van der Waals surface area (Å²) in [6.45, 7) is 5.70. The van der Waals surface area contributed by atoms with Crippen LogP contribution in [0.3, 0.4) is 0 Å². The van der Waals surface area contributed by atoms with Crippen molar-refractivity contribution in [2.45, 2.75) is 76.6 Å². The number of hydrogen-bond acceptors (Lipinski definition) is 6. The fraction of sp³-hybridized carbons (Fsp3) is 0.560. The maximum atomic E-state index is 13.6. The summed E-state index contributed by atoms with van der Waals surface area (Å²) in [7, 11) is 0. The van der Waals surface area contributed by atoms with Gasteiger partial charge in [0.05, 0.1) is 0 Å². The van der Waals surface area contributed by atoms with E-state index < -0.39 is 47.6 Å². The number of nitrogens with two attached hydrogens (primary N) is 2. The Bertz CT molecular complexity index is 974. The van der Waals surface area contributed by atoms with Gasteiger partial charge in [0, 0.05) is 19.5 Å². The van der Waals surface area contributed by atoms with E-state index in [1.54, 1.807) is 20.8 Å². The molecule has 1 aliphatic rings. The van der Waals surface area contributed by atoms with Crippen LogP contribution >= 0.6 is 0 Å². The lowest BCUT2D eigenvalue weighted by Gasteiger charge is -2.30. The molecular formula is C25H38N6O6. The quantitative estimate of drug-likeness (QED) is 0.161. The molecule has 0 spiro atoms. The minimum absolute atomic E-state index is 0.0962. The summed E-state index contributed by atoms with van der Waals surface area (Å²) in [5.74, 6) is -2.29. The predicted octanol–water partition coefficient (Wildman–Crippen LogP) is 0.736. The lowest BCUT2D eigenvalue weighted by molar-refractivity contribution is -0.144. The van der Waals surface area contributed by atoms with Crippen molar-refractivity contribution in [1.29, 1.82) is 0 Å². The first-order valence-electron chi connectivity index (χ1n) is 12.3. The highest BCUT2D eigenvalue weighted by atomic mass is 16.6. The topological polar surface area (TPSA) is 189 Å².